The number of benzene rings is 2. The fourth-order valence-corrected chi connectivity index (χ4v) is 3.50. The van der Waals surface area contributed by atoms with E-state index in [4.69, 9.17) is 11.6 Å². The average Bonchev–Trinajstić information content (AvgIpc) is 3.00. The van der Waals surface area contributed by atoms with Crippen molar-refractivity contribution in [1.29, 1.82) is 5.26 Å². The zero-order chi connectivity index (χ0) is 19.6. The SMILES string of the molecule is CC=Cn1nc(-c2ccc(S(C)(=O)=O)cc2)c(-c2ccc(Cl)cc2)c1C#N. The summed E-state index contributed by atoms with van der Waals surface area (Å²) in [6, 6.07) is 15.8. The number of nitriles is 1. The van der Waals surface area contributed by atoms with E-state index in [2.05, 4.69) is 11.2 Å². The summed E-state index contributed by atoms with van der Waals surface area (Å²) < 4.78 is 24.9. The van der Waals surface area contributed by atoms with Crippen LogP contribution in [-0.4, -0.2) is 24.5 Å². The van der Waals surface area contributed by atoms with Crippen molar-refractivity contribution >= 4 is 27.6 Å². The smallest absolute Gasteiger partial charge is 0.175 e. The molecule has 0 N–H and O–H groups in total. The van der Waals surface area contributed by atoms with Crippen LogP contribution < -0.4 is 0 Å². The Morgan fingerprint density at radius 3 is 2.19 bits per heavy atom. The number of halogens is 1. The van der Waals surface area contributed by atoms with Crippen LogP contribution in [0.3, 0.4) is 0 Å². The molecule has 0 aliphatic rings. The third kappa shape index (κ3) is 3.80. The van der Waals surface area contributed by atoms with Gasteiger partial charge in [-0.05, 0) is 36.8 Å². The largest absolute Gasteiger partial charge is 0.229 e. The normalized spacial score (nSPS) is 11.6. The lowest BCUT2D eigenvalue weighted by Gasteiger charge is -2.05. The molecule has 0 aliphatic carbocycles. The minimum atomic E-state index is -3.29. The molecular formula is C20H16ClN3O2S. The molecule has 3 aromatic rings. The molecule has 0 unspecified atom stereocenters. The molecule has 0 atom stereocenters. The van der Waals surface area contributed by atoms with Gasteiger partial charge in [-0.15, -0.1) is 0 Å². The molecule has 5 nitrogen and oxygen atoms in total. The van der Waals surface area contributed by atoms with E-state index in [0.717, 1.165) is 11.8 Å². The maximum Gasteiger partial charge on any atom is 0.175 e. The Labute approximate surface area is 163 Å². The Kier molecular flexibility index (Phi) is 5.17. The standard InChI is InChI=1S/C20H16ClN3O2S/c1-3-12-24-18(13-22)19(14-4-8-16(21)9-5-14)20(23-24)15-6-10-17(11-7-15)27(2,25)26/h3-12H,1-2H3. The number of hydrogen-bond acceptors (Lipinski definition) is 4. The minimum Gasteiger partial charge on any atom is -0.229 e. The van der Waals surface area contributed by atoms with Gasteiger partial charge in [-0.3, -0.25) is 0 Å². The van der Waals surface area contributed by atoms with Gasteiger partial charge in [0.15, 0.2) is 15.5 Å². The van der Waals surface area contributed by atoms with E-state index in [9.17, 15) is 13.7 Å². The Morgan fingerprint density at radius 2 is 1.67 bits per heavy atom. The molecule has 0 spiro atoms. The third-order valence-electron chi connectivity index (χ3n) is 4.00. The molecule has 0 fully saturated rings. The Hall–Kier alpha value is -2.88. The number of sulfone groups is 1. The molecule has 0 aliphatic heterocycles. The van der Waals surface area contributed by atoms with E-state index in [0.29, 0.717) is 27.5 Å². The molecule has 27 heavy (non-hydrogen) atoms. The summed E-state index contributed by atoms with van der Waals surface area (Å²) in [5.74, 6) is 0. The van der Waals surface area contributed by atoms with E-state index in [-0.39, 0.29) is 4.90 Å². The molecule has 136 valence electrons. The first-order valence-corrected chi connectivity index (χ1v) is 10.3. The van der Waals surface area contributed by atoms with Crippen LogP contribution in [0, 0.1) is 11.3 Å². The second kappa shape index (κ2) is 7.39. The Bertz CT molecular complexity index is 1150. The molecule has 0 bridgehead atoms. The van der Waals surface area contributed by atoms with Gasteiger partial charge in [0.25, 0.3) is 0 Å². The molecule has 1 heterocycles. The van der Waals surface area contributed by atoms with Gasteiger partial charge < -0.3 is 0 Å². The summed E-state index contributed by atoms with van der Waals surface area (Å²) in [7, 11) is -3.29. The number of allylic oxidation sites excluding steroid dienone is 1. The highest BCUT2D eigenvalue weighted by molar-refractivity contribution is 7.90. The van der Waals surface area contributed by atoms with Crippen molar-refractivity contribution in [2.75, 3.05) is 6.26 Å². The van der Waals surface area contributed by atoms with Crippen LogP contribution in [-0.2, 0) is 9.84 Å². The predicted octanol–water partition coefficient (Wildman–Crippen LogP) is 4.64. The molecular weight excluding hydrogens is 382 g/mol. The monoisotopic (exact) mass is 397 g/mol. The van der Waals surface area contributed by atoms with E-state index < -0.39 is 9.84 Å². The maximum absolute atomic E-state index is 11.7. The van der Waals surface area contributed by atoms with Gasteiger partial charge in [-0.1, -0.05) is 41.9 Å². The highest BCUT2D eigenvalue weighted by atomic mass is 35.5. The lowest BCUT2D eigenvalue weighted by Crippen LogP contribution is -1.96. The molecule has 0 radical (unpaired) electrons. The fourth-order valence-electron chi connectivity index (χ4n) is 2.74. The molecule has 0 saturated carbocycles. The first kappa shape index (κ1) is 18.9. The van der Waals surface area contributed by atoms with Crippen LogP contribution in [0.4, 0.5) is 0 Å². The van der Waals surface area contributed by atoms with Crippen molar-refractivity contribution in [3.05, 3.63) is 65.3 Å². The van der Waals surface area contributed by atoms with Crippen molar-refractivity contribution in [2.24, 2.45) is 0 Å². The van der Waals surface area contributed by atoms with Crippen LogP contribution in [0.1, 0.15) is 12.6 Å². The molecule has 3 rings (SSSR count). The summed E-state index contributed by atoms with van der Waals surface area (Å²) in [5.41, 5.74) is 3.16. The molecule has 0 amide bonds. The van der Waals surface area contributed by atoms with Gasteiger partial charge in [-0.25, -0.2) is 13.1 Å². The van der Waals surface area contributed by atoms with Crippen molar-refractivity contribution < 1.29 is 8.42 Å². The number of nitrogens with zero attached hydrogens (tertiary/aromatic N) is 3. The quantitative estimate of drug-likeness (QED) is 0.642. The van der Waals surface area contributed by atoms with Crippen LogP contribution in [0.15, 0.2) is 59.5 Å². The van der Waals surface area contributed by atoms with Crippen LogP contribution in [0.2, 0.25) is 5.02 Å². The molecule has 7 heteroatoms. The van der Waals surface area contributed by atoms with Crippen molar-refractivity contribution in [3.8, 4) is 28.5 Å². The second-order valence-electron chi connectivity index (χ2n) is 5.91. The van der Waals surface area contributed by atoms with E-state index in [1.807, 2.05) is 19.1 Å². The van der Waals surface area contributed by atoms with E-state index in [1.54, 1.807) is 36.5 Å². The van der Waals surface area contributed by atoms with Crippen molar-refractivity contribution in [3.63, 3.8) is 0 Å². The highest BCUT2D eigenvalue weighted by Crippen LogP contribution is 2.35. The van der Waals surface area contributed by atoms with Gasteiger partial charge in [0.1, 0.15) is 11.8 Å². The van der Waals surface area contributed by atoms with E-state index in [1.165, 1.54) is 16.8 Å². The summed E-state index contributed by atoms with van der Waals surface area (Å²) in [6.45, 7) is 1.84. The lowest BCUT2D eigenvalue weighted by atomic mass is 9.99. The van der Waals surface area contributed by atoms with Gasteiger partial charge in [0.2, 0.25) is 0 Å². The lowest BCUT2D eigenvalue weighted by molar-refractivity contribution is 0.602. The molecule has 2 aromatic carbocycles. The average molecular weight is 398 g/mol. The van der Waals surface area contributed by atoms with Crippen LogP contribution in [0.25, 0.3) is 28.6 Å². The molecule has 0 saturated heterocycles. The summed E-state index contributed by atoms with van der Waals surface area (Å²) in [5, 5.41) is 14.9. The third-order valence-corrected chi connectivity index (χ3v) is 5.38. The topological polar surface area (TPSA) is 75.8 Å². The number of hydrogen-bond donors (Lipinski definition) is 0. The van der Waals surface area contributed by atoms with Gasteiger partial charge in [0.05, 0.1) is 4.90 Å². The molecule has 1 aromatic heterocycles. The summed E-state index contributed by atoms with van der Waals surface area (Å²) in [6.07, 6.45) is 4.65. The second-order valence-corrected chi connectivity index (χ2v) is 8.37. The van der Waals surface area contributed by atoms with Crippen molar-refractivity contribution in [2.45, 2.75) is 11.8 Å². The zero-order valence-corrected chi connectivity index (χ0v) is 16.3. The Morgan fingerprint density at radius 1 is 1.07 bits per heavy atom. The summed E-state index contributed by atoms with van der Waals surface area (Å²) >= 11 is 5.99. The minimum absolute atomic E-state index is 0.229. The maximum atomic E-state index is 11.7. The van der Waals surface area contributed by atoms with Gasteiger partial charge in [-0.2, -0.15) is 10.4 Å². The van der Waals surface area contributed by atoms with Crippen LogP contribution in [0.5, 0.6) is 0 Å². The fraction of sp³-hybridized carbons (Fsp3) is 0.100. The van der Waals surface area contributed by atoms with Crippen molar-refractivity contribution in [1.82, 2.24) is 9.78 Å². The highest BCUT2D eigenvalue weighted by Gasteiger charge is 2.20. The first-order chi connectivity index (χ1) is 12.8. The Balaban J connectivity index is 2.26. The zero-order valence-electron chi connectivity index (χ0n) is 14.7. The van der Waals surface area contributed by atoms with Gasteiger partial charge in [0, 0.05) is 28.6 Å². The number of rotatable bonds is 4. The van der Waals surface area contributed by atoms with E-state index >= 15 is 0 Å². The summed E-state index contributed by atoms with van der Waals surface area (Å²) in [4.78, 5) is 0.229. The first-order valence-electron chi connectivity index (χ1n) is 8.07. The number of aromatic nitrogens is 2. The predicted molar refractivity (Wildman–Crippen MR) is 107 cm³/mol. The van der Waals surface area contributed by atoms with Gasteiger partial charge >= 0.3 is 0 Å². The van der Waals surface area contributed by atoms with Crippen LogP contribution >= 0.6 is 11.6 Å².